The van der Waals surface area contributed by atoms with Crippen molar-refractivity contribution in [2.75, 3.05) is 6.54 Å². The summed E-state index contributed by atoms with van der Waals surface area (Å²) in [5.41, 5.74) is -0.0275. The fourth-order valence-corrected chi connectivity index (χ4v) is 5.99. The lowest BCUT2D eigenvalue weighted by Gasteiger charge is -2.42. The molecule has 1 aliphatic rings. The highest BCUT2D eigenvalue weighted by molar-refractivity contribution is 6.74. The standard InChI is InChI=1S/C30H49F2NO4Si/c1-23(2)36-28(35)17-13-8-9-14-22-33-25(19-21-27(33)34)18-20-26(37-38(6,7)29(3,4)5)30(31,32)24-15-11-10-12-16-24/h10-12,15-16,23,25-26H,8-9,13-14,17-22H2,1-7H3/t25-,26+/m0/s1. The molecule has 0 unspecified atom stereocenters. The van der Waals surface area contributed by atoms with Crippen LogP contribution in [-0.4, -0.2) is 49.9 Å². The number of benzene rings is 1. The molecule has 38 heavy (non-hydrogen) atoms. The highest BCUT2D eigenvalue weighted by Gasteiger charge is 2.48. The van der Waals surface area contributed by atoms with Gasteiger partial charge in [0, 0.05) is 31.0 Å². The van der Waals surface area contributed by atoms with Gasteiger partial charge in [-0.15, -0.1) is 0 Å². The lowest BCUT2D eigenvalue weighted by molar-refractivity contribution is -0.147. The van der Waals surface area contributed by atoms with E-state index in [2.05, 4.69) is 20.8 Å². The van der Waals surface area contributed by atoms with Gasteiger partial charge < -0.3 is 14.1 Å². The molecule has 1 saturated heterocycles. The Morgan fingerprint density at radius 2 is 1.71 bits per heavy atom. The minimum absolute atomic E-state index is 0.0275. The summed E-state index contributed by atoms with van der Waals surface area (Å²) in [5, 5.41) is -0.196. The first-order chi connectivity index (χ1) is 17.6. The maximum atomic E-state index is 15.8. The third-order valence-corrected chi connectivity index (χ3v) is 12.4. The van der Waals surface area contributed by atoms with Crippen LogP contribution in [0.4, 0.5) is 8.78 Å². The predicted octanol–water partition coefficient (Wildman–Crippen LogP) is 7.84. The van der Waals surface area contributed by atoms with Gasteiger partial charge in [-0.3, -0.25) is 9.59 Å². The molecular formula is C30H49F2NO4Si. The Labute approximate surface area is 229 Å². The van der Waals surface area contributed by atoms with Crippen molar-refractivity contribution in [1.29, 1.82) is 0 Å². The van der Waals surface area contributed by atoms with Crippen LogP contribution >= 0.6 is 0 Å². The number of hydrogen-bond acceptors (Lipinski definition) is 4. The van der Waals surface area contributed by atoms with E-state index in [-0.39, 0.29) is 41.0 Å². The molecule has 1 aromatic carbocycles. The molecule has 8 heteroatoms. The lowest BCUT2D eigenvalue weighted by atomic mass is 9.97. The maximum absolute atomic E-state index is 15.8. The Bertz CT molecular complexity index is 886. The fraction of sp³-hybridized carbons (Fsp3) is 0.733. The van der Waals surface area contributed by atoms with Gasteiger partial charge in [0.1, 0.15) is 6.10 Å². The summed E-state index contributed by atoms with van der Waals surface area (Å²) in [4.78, 5) is 26.2. The molecule has 1 amide bonds. The van der Waals surface area contributed by atoms with Crippen LogP contribution in [0, 0.1) is 0 Å². The van der Waals surface area contributed by atoms with Crippen molar-refractivity contribution < 1.29 is 27.5 Å². The molecule has 1 heterocycles. The van der Waals surface area contributed by atoms with E-state index in [0.717, 1.165) is 25.7 Å². The third-order valence-electron chi connectivity index (χ3n) is 7.92. The fourth-order valence-electron chi connectivity index (χ4n) is 4.66. The first kappa shape index (κ1) is 32.4. The molecule has 1 aliphatic heterocycles. The summed E-state index contributed by atoms with van der Waals surface area (Å²) in [6.07, 6.45) is 4.34. The monoisotopic (exact) mass is 553 g/mol. The largest absolute Gasteiger partial charge is 0.463 e. The smallest absolute Gasteiger partial charge is 0.306 e. The van der Waals surface area contributed by atoms with Crippen LogP contribution < -0.4 is 0 Å². The van der Waals surface area contributed by atoms with Crippen molar-refractivity contribution in [2.45, 2.75) is 135 Å². The van der Waals surface area contributed by atoms with E-state index >= 15 is 8.78 Å². The SMILES string of the molecule is CC(C)OC(=O)CCCCCCN1C(=O)CC[C@@H]1CC[C@@H](O[Si](C)(C)C(C)(C)C)C(F)(F)c1ccccc1. The number of amides is 1. The van der Waals surface area contributed by atoms with Gasteiger partial charge >= 0.3 is 5.97 Å². The second-order valence-electron chi connectivity index (χ2n) is 12.4. The summed E-state index contributed by atoms with van der Waals surface area (Å²) < 4.78 is 43.2. The Hall–Kier alpha value is -1.80. The van der Waals surface area contributed by atoms with Gasteiger partial charge in [-0.1, -0.05) is 63.9 Å². The van der Waals surface area contributed by atoms with Crippen LogP contribution in [0.25, 0.3) is 0 Å². The van der Waals surface area contributed by atoms with Gasteiger partial charge in [-0.2, -0.15) is 8.78 Å². The molecule has 216 valence electrons. The number of carbonyl (C=O) groups excluding carboxylic acids is 2. The summed E-state index contributed by atoms with van der Waals surface area (Å²) in [6, 6.07) is 7.91. The van der Waals surface area contributed by atoms with Crippen LogP contribution in [0.15, 0.2) is 30.3 Å². The summed E-state index contributed by atoms with van der Waals surface area (Å²) in [7, 11) is -2.46. The van der Waals surface area contributed by atoms with E-state index in [1.807, 2.05) is 31.8 Å². The Kier molecular flexibility index (Phi) is 12.0. The zero-order valence-electron chi connectivity index (χ0n) is 24.5. The van der Waals surface area contributed by atoms with E-state index in [4.69, 9.17) is 9.16 Å². The van der Waals surface area contributed by atoms with E-state index in [1.54, 1.807) is 18.2 Å². The van der Waals surface area contributed by atoms with E-state index in [0.29, 0.717) is 32.2 Å². The molecule has 1 aromatic rings. The first-order valence-corrected chi connectivity index (χ1v) is 17.2. The van der Waals surface area contributed by atoms with E-state index in [1.165, 1.54) is 12.1 Å². The number of ether oxygens (including phenoxy) is 1. The predicted molar refractivity (Wildman–Crippen MR) is 151 cm³/mol. The average molecular weight is 554 g/mol. The summed E-state index contributed by atoms with van der Waals surface area (Å²) in [6.45, 7) is 14.5. The molecule has 0 N–H and O–H groups in total. The van der Waals surface area contributed by atoms with Gasteiger partial charge in [0.2, 0.25) is 5.91 Å². The molecule has 2 atom stereocenters. The van der Waals surface area contributed by atoms with Gasteiger partial charge in [0.25, 0.3) is 5.92 Å². The summed E-state index contributed by atoms with van der Waals surface area (Å²) >= 11 is 0. The van der Waals surface area contributed by atoms with Gasteiger partial charge in [-0.05, 0) is 64.1 Å². The third kappa shape index (κ3) is 9.44. The van der Waals surface area contributed by atoms with Crippen molar-refractivity contribution in [1.82, 2.24) is 4.90 Å². The van der Waals surface area contributed by atoms with Crippen LogP contribution in [0.2, 0.25) is 18.1 Å². The molecule has 2 rings (SSSR count). The van der Waals surface area contributed by atoms with Crippen LogP contribution in [0.5, 0.6) is 0 Å². The molecule has 0 aromatic heterocycles. The molecular weight excluding hydrogens is 504 g/mol. The quantitative estimate of drug-likeness (QED) is 0.126. The number of halogens is 2. The molecule has 0 aliphatic carbocycles. The lowest BCUT2D eigenvalue weighted by Crippen LogP contribution is -2.49. The van der Waals surface area contributed by atoms with Crippen molar-refractivity contribution in [3.8, 4) is 0 Å². The molecule has 0 radical (unpaired) electrons. The van der Waals surface area contributed by atoms with Crippen LogP contribution in [0.3, 0.4) is 0 Å². The Balaban J connectivity index is 1.98. The van der Waals surface area contributed by atoms with Crippen molar-refractivity contribution in [3.05, 3.63) is 35.9 Å². The van der Waals surface area contributed by atoms with Crippen molar-refractivity contribution >= 4 is 20.2 Å². The van der Waals surface area contributed by atoms with Crippen LogP contribution in [-0.2, 0) is 24.7 Å². The molecule has 0 saturated carbocycles. The van der Waals surface area contributed by atoms with Crippen molar-refractivity contribution in [2.24, 2.45) is 0 Å². The zero-order chi connectivity index (χ0) is 28.6. The second kappa shape index (κ2) is 14.0. The zero-order valence-corrected chi connectivity index (χ0v) is 25.5. The number of nitrogens with zero attached hydrogens (tertiary/aromatic N) is 1. The number of alkyl halides is 2. The number of likely N-dealkylation sites (tertiary alicyclic amines) is 1. The van der Waals surface area contributed by atoms with Crippen LogP contribution in [0.1, 0.15) is 98.0 Å². The van der Waals surface area contributed by atoms with Gasteiger partial charge in [0.05, 0.1) is 6.10 Å². The number of rotatable bonds is 15. The molecule has 0 spiro atoms. The average Bonchev–Trinajstić information content (AvgIpc) is 3.17. The van der Waals surface area contributed by atoms with Crippen molar-refractivity contribution in [3.63, 3.8) is 0 Å². The highest BCUT2D eigenvalue weighted by atomic mass is 28.4. The molecule has 1 fully saturated rings. The van der Waals surface area contributed by atoms with Gasteiger partial charge in [-0.25, -0.2) is 0 Å². The topological polar surface area (TPSA) is 55.8 Å². The Morgan fingerprint density at radius 3 is 2.32 bits per heavy atom. The number of carbonyl (C=O) groups is 2. The first-order valence-electron chi connectivity index (χ1n) is 14.2. The highest BCUT2D eigenvalue weighted by Crippen LogP contribution is 2.43. The minimum atomic E-state index is -3.12. The van der Waals surface area contributed by atoms with E-state index in [9.17, 15) is 9.59 Å². The molecule has 0 bridgehead atoms. The van der Waals surface area contributed by atoms with E-state index < -0.39 is 20.3 Å². The maximum Gasteiger partial charge on any atom is 0.306 e. The number of hydrogen-bond donors (Lipinski definition) is 0. The summed E-state index contributed by atoms with van der Waals surface area (Å²) in [5.74, 6) is -3.19. The number of esters is 1. The normalized spacial score (nSPS) is 17.8. The number of unbranched alkanes of at least 4 members (excludes halogenated alkanes) is 3. The Morgan fingerprint density at radius 1 is 1.08 bits per heavy atom. The van der Waals surface area contributed by atoms with Gasteiger partial charge in [0.15, 0.2) is 8.32 Å². The molecule has 5 nitrogen and oxygen atoms in total. The second-order valence-corrected chi connectivity index (χ2v) is 17.2. The minimum Gasteiger partial charge on any atom is -0.463 e.